The Balaban J connectivity index is 3.91. The van der Waals surface area contributed by atoms with E-state index in [9.17, 15) is 4.79 Å². The van der Waals surface area contributed by atoms with Crippen molar-refractivity contribution in [1.82, 2.24) is 5.23 Å². The molecular weight excluding hydrogens is 280 g/mol. The van der Waals surface area contributed by atoms with E-state index in [-0.39, 0.29) is 5.92 Å². The number of hydrogen-bond acceptors (Lipinski definition) is 2. The maximum absolute atomic E-state index is 10.8. The summed E-state index contributed by atoms with van der Waals surface area (Å²) in [5.41, 5.74) is 0. The zero-order valence-electron chi connectivity index (χ0n) is 8.38. The van der Waals surface area contributed by atoms with E-state index in [0.29, 0.717) is 3.92 Å². The standard InChI is InChI=1S/C8H17BINO2/c1-5(3-4-6(2)10)7(11-9)8(12)13/h5-7,11H,3-4,9H2,1-2H3,(H,12,13). The van der Waals surface area contributed by atoms with Crippen LogP contribution in [0, 0.1) is 5.92 Å². The number of carboxylic acid groups (broad SMARTS) is 1. The highest BCUT2D eigenvalue weighted by atomic mass is 127. The predicted molar refractivity (Wildman–Crippen MR) is 65.0 cm³/mol. The van der Waals surface area contributed by atoms with E-state index in [4.69, 9.17) is 5.11 Å². The Morgan fingerprint density at radius 2 is 2.08 bits per heavy atom. The molecule has 0 aliphatic heterocycles. The Kier molecular flexibility index (Phi) is 6.76. The van der Waals surface area contributed by atoms with Crippen LogP contribution in [0.5, 0.6) is 0 Å². The Morgan fingerprint density at radius 3 is 2.38 bits per heavy atom. The summed E-state index contributed by atoms with van der Waals surface area (Å²) in [6, 6.07) is -0.407. The van der Waals surface area contributed by atoms with Crippen molar-refractivity contribution in [3.05, 3.63) is 0 Å². The molecule has 0 heterocycles. The fourth-order valence-corrected chi connectivity index (χ4v) is 1.67. The molecule has 0 aliphatic carbocycles. The van der Waals surface area contributed by atoms with Crippen LogP contribution in [-0.4, -0.2) is 29.0 Å². The normalized spacial score (nSPS) is 17.8. The van der Waals surface area contributed by atoms with Crippen molar-refractivity contribution in [2.24, 2.45) is 5.92 Å². The molecule has 2 N–H and O–H groups in total. The fraction of sp³-hybridized carbons (Fsp3) is 0.875. The molecule has 76 valence electrons. The van der Waals surface area contributed by atoms with Gasteiger partial charge in [0.2, 0.25) is 0 Å². The smallest absolute Gasteiger partial charge is 0.319 e. The molecule has 0 aromatic carbocycles. The minimum Gasteiger partial charge on any atom is -0.480 e. The third kappa shape index (κ3) is 5.51. The average Bonchev–Trinajstić information content (AvgIpc) is 2.01. The Hall–Kier alpha value is 0.225. The zero-order valence-corrected chi connectivity index (χ0v) is 10.5. The third-order valence-corrected chi connectivity index (χ3v) is 2.79. The number of alkyl halides is 1. The van der Waals surface area contributed by atoms with E-state index in [2.05, 4.69) is 34.7 Å². The van der Waals surface area contributed by atoms with Crippen LogP contribution in [0.1, 0.15) is 26.7 Å². The first-order valence-corrected chi connectivity index (χ1v) is 5.77. The van der Waals surface area contributed by atoms with Gasteiger partial charge in [-0.05, 0) is 18.8 Å². The molecule has 0 spiro atoms. The summed E-state index contributed by atoms with van der Waals surface area (Å²) in [5.74, 6) is -0.559. The second kappa shape index (κ2) is 6.65. The average molecular weight is 297 g/mol. The molecule has 0 fully saturated rings. The Morgan fingerprint density at radius 1 is 1.54 bits per heavy atom. The lowest BCUT2D eigenvalue weighted by Crippen LogP contribution is -2.40. The van der Waals surface area contributed by atoms with Gasteiger partial charge in [0.05, 0.1) is 6.04 Å². The van der Waals surface area contributed by atoms with Crippen LogP contribution >= 0.6 is 22.6 Å². The highest BCUT2D eigenvalue weighted by Gasteiger charge is 2.21. The lowest BCUT2D eigenvalue weighted by atomic mass is 9.95. The van der Waals surface area contributed by atoms with Gasteiger partial charge in [-0.25, -0.2) is 0 Å². The summed E-state index contributed by atoms with van der Waals surface area (Å²) in [4.78, 5) is 10.8. The van der Waals surface area contributed by atoms with Crippen LogP contribution in [0.15, 0.2) is 0 Å². The predicted octanol–water partition coefficient (Wildman–Crippen LogP) is 0.817. The van der Waals surface area contributed by atoms with Gasteiger partial charge in [-0.2, -0.15) is 0 Å². The molecule has 0 bridgehead atoms. The van der Waals surface area contributed by atoms with Crippen LogP contribution in [0.3, 0.4) is 0 Å². The first kappa shape index (κ1) is 13.2. The summed E-state index contributed by atoms with van der Waals surface area (Å²) < 4.78 is 0.617. The first-order chi connectivity index (χ1) is 5.99. The molecule has 0 saturated carbocycles. The zero-order chi connectivity index (χ0) is 10.4. The summed E-state index contributed by atoms with van der Waals surface area (Å²) >= 11 is 2.36. The summed E-state index contributed by atoms with van der Waals surface area (Å²) in [6.07, 6.45) is 2.04. The molecule has 0 rings (SSSR count). The number of carbonyl (C=O) groups is 1. The molecule has 0 aromatic heterocycles. The van der Waals surface area contributed by atoms with Crippen molar-refractivity contribution in [3.8, 4) is 0 Å². The van der Waals surface area contributed by atoms with Crippen LogP contribution in [0.25, 0.3) is 0 Å². The van der Waals surface area contributed by atoms with Gasteiger partial charge >= 0.3 is 5.97 Å². The second-order valence-corrected chi connectivity index (χ2v) is 5.57. The molecule has 3 unspecified atom stereocenters. The maximum Gasteiger partial charge on any atom is 0.319 e. The molecule has 0 radical (unpaired) electrons. The van der Waals surface area contributed by atoms with Crippen molar-refractivity contribution in [2.75, 3.05) is 0 Å². The third-order valence-electron chi connectivity index (χ3n) is 2.17. The molecule has 0 saturated heterocycles. The van der Waals surface area contributed by atoms with Gasteiger partial charge in [0.15, 0.2) is 7.98 Å². The van der Waals surface area contributed by atoms with Gasteiger partial charge in [0, 0.05) is 3.92 Å². The Bertz CT molecular complexity index is 166. The number of carboxylic acids is 1. The van der Waals surface area contributed by atoms with Crippen LogP contribution in [0.2, 0.25) is 0 Å². The van der Waals surface area contributed by atoms with E-state index < -0.39 is 12.0 Å². The van der Waals surface area contributed by atoms with E-state index in [0.717, 1.165) is 12.8 Å². The summed E-state index contributed by atoms with van der Waals surface area (Å²) in [6.45, 7) is 4.12. The molecule has 0 amide bonds. The van der Waals surface area contributed by atoms with Crippen molar-refractivity contribution in [1.29, 1.82) is 0 Å². The van der Waals surface area contributed by atoms with Crippen LogP contribution in [0.4, 0.5) is 0 Å². The highest BCUT2D eigenvalue weighted by molar-refractivity contribution is 14.1. The number of aliphatic carboxylic acids is 1. The van der Waals surface area contributed by atoms with Crippen molar-refractivity contribution in [2.45, 2.75) is 36.7 Å². The molecule has 0 aliphatic rings. The van der Waals surface area contributed by atoms with E-state index in [1.165, 1.54) is 0 Å². The number of halogens is 1. The van der Waals surface area contributed by atoms with Gasteiger partial charge in [-0.15, -0.1) is 0 Å². The van der Waals surface area contributed by atoms with E-state index in [1.807, 2.05) is 6.92 Å². The molecule has 3 atom stereocenters. The monoisotopic (exact) mass is 297 g/mol. The lowest BCUT2D eigenvalue weighted by Gasteiger charge is -2.20. The first-order valence-electron chi connectivity index (χ1n) is 4.53. The van der Waals surface area contributed by atoms with Crippen molar-refractivity contribution in [3.63, 3.8) is 0 Å². The molecule has 5 heteroatoms. The molecule has 13 heavy (non-hydrogen) atoms. The van der Waals surface area contributed by atoms with Crippen LogP contribution in [-0.2, 0) is 4.79 Å². The summed E-state index contributed by atoms with van der Waals surface area (Å²) in [5, 5.41) is 11.7. The maximum atomic E-state index is 10.8. The van der Waals surface area contributed by atoms with Crippen molar-refractivity contribution < 1.29 is 9.90 Å². The number of nitrogens with one attached hydrogen (secondary N) is 1. The lowest BCUT2D eigenvalue weighted by molar-refractivity contribution is -0.140. The second-order valence-electron chi connectivity index (χ2n) is 3.44. The minimum absolute atomic E-state index is 0.194. The SMILES string of the molecule is BNC(C(=O)O)C(C)CCC(C)I. The minimum atomic E-state index is -0.754. The van der Waals surface area contributed by atoms with E-state index in [1.54, 1.807) is 7.98 Å². The topological polar surface area (TPSA) is 49.3 Å². The largest absolute Gasteiger partial charge is 0.480 e. The van der Waals surface area contributed by atoms with Gasteiger partial charge in [0.1, 0.15) is 0 Å². The quantitative estimate of drug-likeness (QED) is 0.433. The molecular formula is C8H17BINO2. The van der Waals surface area contributed by atoms with Gasteiger partial charge in [0.25, 0.3) is 0 Å². The van der Waals surface area contributed by atoms with Gasteiger partial charge in [-0.1, -0.05) is 36.4 Å². The van der Waals surface area contributed by atoms with Gasteiger partial charge in [-0.3, -0.25) is 4.79 Å². The highest BCUT2D eigenvalue weighted by Crippen LogP contribution is 2.16. The Labute approximate surface area is 94.2 Å². The van der Waals surface area contributed by atoms with Crippen LogP contribution < -0.4 is 5.23 Å². The van der Waals surface area contributed by atoms with E-state index >= 15 is 0 Å². The number of hydrogen-bond donors (Lipinski definition) is 2. The van der Waals surface area contributed by atoms with Gasteiger partial charge < -0.3 is 10.3 Å². The fourth-order valence-electron chi connectivity index (χ4n) is 1.31. The molecule has 3 nitrogen and oxygen atoms in total. The molecule has 0 aromatic rings. The number of rotatable bonds is 6. The summed E-state index contributed by atoms with van der Waals surface area (Å²) in [7, 11) is 1.70. The van der Waals surface area contributed by atoms with Crippen molar-refractivity contribution >= 4 is 36.5 Å².